The first kappa shape index (κ1) is 15.6. The molecule has 0 amide bonds. The Morgan fingerprint density at radius 3 is 2.62 bits per heavy atom. The summed E-state index contributed by atoms with van der Waals surface area (Å²) in [7, 11) is 0. The molecule has 1 saturated heterocycles. The Labute approximate surface area is 146 Å². The van der Waals surface area contributed by atoms with E-state index >= 15 is 0 Å². The standard InChI is InChI=1S/C19H20ClN3O/c20-15-7-5-14(6-8-15)11-23-18-4-2-1-3-17(18)21-19(23)13-22-10-9-16(24)12-22/h1-8,16,24H,9-13H2/t16-/m1/s1. The minimum Gasteiger partial charge on any atom is -0.392 e. The monoisotopic (exact) mass is 341 g/mol. The molecule has 1 atom stereocenters. The van der Waals surface area contributed by atoms with Crippen LogP contribution in [0, 0.1) is 0 Å². The zero-order chi connectivity index (χ0) is 16.5. The predicted octanol–water partition coefficient (Wildman–Crippen LogP) is 3.30. The first-order valence-electron chi connectivity index (χ1n) is 8.28. The highest BCUT2D eigenvalue weighted by atomic mass is 35.5. The lowest BCUT2D eigenvalue weighted by molar-refractivity contribution is 0.173. The number of halogens is 1. The van der Waals surface area contributed by atoms with E-state index in [2.05, 4.69) is 33.7 Å². The SMILES string of the molecule is O[C@@H]1CCN(Cc2nc3ccccc3n2Cc2ccc(Cl)cc2)C1. The van der Waals surface area contributed by atoms with Gasteiger partial charge in [0.05, 0.1) is 23.7 Å². The second-order valence-corrected chi connectivity index (χ2v) is 6.84. The van der Waals surface area contributed by atoms with Crippen molar-refractivity contribution >= 4 is 22.6 Å². The van der Waals surface area contributed by atoms with Crippen molar-refractivity contribution in [1.82, 2.24) is 14.5 Å². The molecule has 1 N–H and O–H groups in total. The molecule has 2 heterocycles. The molecule has 0 saturated carbocycles. The second kappa shape index (κ2) is 6.55. The number of aromatic nitrogens is 2. The van der Waals surface area contributed by atoms with Crippen molar-refractivity contribution in [3.8, 4) is 0 Å². The number of hydrogen-bond donors (Lipinski definition) is 1. The lowest BCUT2D eigenvalue weighted by Gasteiger charge is -2.16. The van der Waals surface area contributed by atoms with Crippen molar-refractivity contribution in [3.63, 3.8) is 0 Å². The van der Waals surface area contributed by atoms with Gasteiger partial charge in [0.1, 0.15) is 5.82 Å². The van der Waals surface area contributed by atoms with Crippen LogP contribution >= 0.6 is 11.6 Å². The summed E-state index contributed by atoms with van der Waals surface area (Å²) in [6, 6.07) is 16.2. The lowest BCUT2D eigenvalue weighted by Crippen LogP contribution is -2.23. The minimum absolute atomic E-state index is 0.209. The van der Waals surface area contributed by atoms with Crippen LogP contribution in [0.1, 0.15) is 17.8 Å². The molecule has 1 aliphatic rings. The lowest BCUT2D eigenvalue weighted by atomic mass is 10.2. The number of para-hydroxylation sites is 2. The summed E-state index contributed by atoms with van der Waals surface area (Å²) >= 11 is 6.00. The Hall–Kier alpha value is -1.88. The fourth-order valence-corrected chi connectivity index (χ4v) is 3.48. The quantitative estimate of drug-likeness (QED) is 0.791. The average molecular weight is 342 g/mol. The number of benzene rings is 2. The molecule has 5 heteroatoms. The minimum atomic E-state index is -0.209. The summed E-state index contributed by atoms with van der Waals surface area (Å²) in [5, 5.41) is 10.5. The number of nitrogens with zero attached hydrogens (tertiary/aromatic N) is 3. The average Bonchev–Trinajstić information content (AvgIpc) is 3.14. The van der Waals surface area contributed by atoms with Gasteiger partial charge in [-0.1, -0.05) is 35.9 Å². The molecule has 0 unspecified atom stereocenters. The number of β-amino-alcohol motifs (C(OH)–C–C–N with tert-alkyl or cyclic N) is 1. The van der Waals surface area contributed by atoms with Gasteiger partial charge in [0, 0.05) is 24.7 Å². The first-order valence-corrected chi connectivity index (χ1v) is 8.66. The van der Waals surface area contributed by atoms with Gasteiger partial charge >= 0.3 is 0 Å². The Morgan fingerprint density at radius 2 is 1.88 bits per heavy atom. The fraction of sp³-hybridized carbons (Fsp3) is 0.316. The van der Waals surface area contributed by atoms with Crippen molar-refractivity contribution in [2.45, 2.75) is 25.6 Å². The zero-order valence-corrected chi connectivity index (χ0v) is 14.2. The van der Waals surface area contributed by atoms with Crippen LogP contribution in [-0.4, -0.2) is 38.8 Å². The topological polar surface area (TPSA) is 41.3 Å². The Kier molecular flexibility index (Phi) is 4.27. The third-order valence-electron chi connectivity index (χ3n) is 4.60. The summed E-state index contributed by atoms with van der Waals surface area (Å²) in [5.41, 5.74) is 3.36. The Bertz CT molecular complexity index is 843. The van der Waals surface area contributed by atoms with E-state index in [0.717, 1.165) is 54.5 Å². The molecule has 4 nitrogen and oxygen atoms in total. The van der Waals surface area contributed by atoms with Crippen LogP contribution in [0.5, 0.6) is 0 Å². The first-order chi connectivity index (χ1) is 11.7. The van der Waals surface area contributed by atoms with Crippen LogP contribution < -0.4 is 0 Å². The molecule has 3 aromatic rings. The molecule has 0 radical (unpaired) electrons. The highest BCUT2D eigenvalue weighted by Gasteiger charge is 2.22. The number of fused-ring (bicyclic) bond motifs is 1. The molecule has 124 valence electrons. The molecule has 2 aromatic carbocycles. The van der Waals surface area contributed by atoms with Gasteiger partial charge in [0.15, 0.2) is 0 Å². The summed E-state index contributed by atoms with van der Waals surface area (Å²) in [5.74, 6) is 1.04. The molecule has 1 aliphatic heterocycles. The molecule has 0 bridgehead atoms. The summed E-state index contributed by atoms with van der Waals surface area (Å²) < 4.78 is 2.27. The molecular weight excluding hydrogens is 322 g/mol. The molecule has 1 fully saturated rings. The Morgan fingerprint density at radius 1 is 1.08 bits per heavy atom. The van der Waals surface area contributed by atoms with Crippen LogP contribution in [0.15, 0.2) is 48.5 Å². The molecule has 4 rings (SSSR count). The number of hydrogen-bond acceptors (Lipinski definition) is 3. The summed E-state index contributed by atoms with van der Waals surface area (Å²) in [6.45, 7) is 3.18. The number of rotatable bonds is 4. The normalized spacial score (nSPS) is 18.5. The smallest absolute Gasteiger partial charge is 0.124 e. The van der Waals surface area contributed by atoms with Crippen molar-refractivity contribution in [3.05, 3.63) is 64.9 Å². The number of aliphatic hydroxyl groups excluding tert-OH is 1. The second-order valence-electron chi connectivity index (χ2n) is 6.41. The maximum absolute atomic E-state index is 9.77. The van der Waals surface area contributed by atoms with E-state index in [4.69, 9.17) is 16.6 Å². The highest BCUT2D eigenvalue weighted by molar-refractivity contribution is 6.30. The van der Waals surface area contributed by atoms with E-state index < -0.39 is 0 Å². The van der Waals surface area contributed by atoms with Crippen LogP contribution in [0.4, 0.5) is 0 Å². The third kappa shape index (κ3) is 3.18. The Balaban J connectivity index is 1.68. The van der Waals surface area contributed by atoms with Crippen LogP contribution in [0.25, 0.3) is 11.0 Å². The van der Waals surface area contributed by atoms with E-state index in [1.165, 1.54) is 5.56 Å². The third-order valence-corrected chi connectivity index (χ3v) is 4.85. The van der Waals surface area contributed by atoms with Gasteiger partial charge in [0.25, 0.3) is 0 Å². The molecular formula is C19H20ClN3O. The maximum atomic E-state index is 9.77. The summed E-state index contributed by atoms with van der Waals surface area (Å²) in [6.07, 6.45) is 0.635. The van der Waals surface area contributed by atoms with Gasteiger partial charge < -0.3 is 9.67 Å². The van der Waals surface area contributed by atoms with Crippen molar-refractivity contribution in [2.24, 2.45) is 0 Å². The van der Waals surface area contributed by atoms with Crippen LogP contribution in [0.2, 0.25) is 5.02 Å². The van der Waals surface area contributed by atoms with Gasteiger partial charge in [-0.05, 0) is 36.2 Å². The highest BCUT2D eigenvalue weighted by Crippen LogP contribution is 2.21. The number of imidazole rings is 1. The largest absolute Gasteiger partial charge is 0.392 e. The van der Waals surface area contributed by atoms with E-state index in [0.29, 0.717) is 0 Å². The van der Waals surface area contributed by atoms with Crippen molar-refractivity contribution in [1.29, 1.82) is 0 Å². The van der Waals surface area contributed by atoms with Crippen molar-refractivity contribution < 1.29 is 5.11 Å². The van der Waals surface area contributed by atoms with Crippen LogP contribution in [-0.2, 0) is 13.1 Å². The van der Waals surface area contributed by atoms with Crippen molar-refractivity contribution in [2.75, 3.05) is 13.1 Å². The van der Waals surface area contributed by atoms with E-state index in [1.807, 2.05) is 24.3 Å². The fourth-order valence-electron chi connectivity index (χ4n) is 3.35. The van der Waals surface area contributed by atoms with Gasteiger partial charge in [-0.3, -0.25) is 4.90 Å². The molecule has 0 spiro atoms. The summed E-state index contributed by atoms with van der Waals surface area (Å²) in [4.78, 5) is 7.10. The van der Waals surface area contributed by atoms with Gasteiger partial charge in [-0.2, -0.15) is 0 Å². The van der Waals surface area contributed by atoms with Crippen LogP contribution in [0.3, 0.4) is 0 Å². The van der Waals surface area contributed by atoms with E-state index in [9.17, 15) is 5.11 Å². The van der Waals surface area contributed by atoms with Gasteiger partial charge in [0.2, 0.25) is 0 Å². The van der Waals surface area contributed by atoms with Gasteiger partial charge in [-0.25, -0.2) is 4.98 Å². The maximum Gasteiger partial charge on any atom is 0.124 e. The van der Waals surface area contributed by atoms with Gasteiger partial charge in [-0.15, -0.1) is 0 Å². The molecule has 1 aromatic heterocycles. The van der Waals surface area contributed by atoms with E-state index in [1.54, 1.807) is 0 Å². The number of likely N-dealkylation sites (tertiary alicyclic amines) is 1. The molecule has 24 heavy (non-hydrogen) atoms. The number of aliphatic hydroxyl groups is 1. The molecule has 0 aliphatic carbocycles. The van der Waals surface area contributed by atoms with E-state index in [-0.39, 0.29) is 6.10 Å². The zero-order valence-electron chi connectivity index (χ0n) is 13.4. The predicted molar refractivity (Wildman–Crippen MR) is 96.2 cm³/mol.